The smallest absolute Gasteiger partial charge is 0.257 e. The van der Waals surface area contributed by atoms with Crippen LogP contribution in [0.4, 0.5) is 4.39 Å². The van der Waals surface area contributed by atoms with Gasteiger partial charge in [-0.1, -0.05) is 30.3 Å². The molecule has 0 saturated carbocycles. The van der Waals surface area contributed by atoms with Crippen molar-refractivity contribution >= 4 is 5.91 Å². The molecule has 0 aliphatic carbocycles. The van der Waals surface area contributed by atoms with Crippen molar-refractivity contribution in [2.24, 2.45) is 0 Å². The lowest BCUT2D eigenvalue weighted by Gasteiger charge is -2.40. The van der Waals surface area contributed by atoms with Crippen LogP contribution in [-0.4, -0.2) is 62.1 Å². The first-order valence-electron chi connectivity index (χ1n) is 9.74. The van der Waals surface area contributed by atoms with Gasteiger partial charge in [0.2, 0.25) is 0 Å². The van der Waals surface area contributed by atoms with E-state index in [1.807, 2.05) is 6.07 Å². The average molecular weight is 385 g/mol. The number of hydrogen-bond acceptors (Lipinski definition) is 4. The topological polar surface area (TPSA) is 44.8 Å². The molecule has 5 nitrogen and oxygen atoms in total. The Morgan fingerprint density at radius 1 is 1.14 bits per heavy atom. The van der Waals surface area contributed by atoms with Gasteiger partial charge in [-0.05, 0) is 43.3 Å². The second-order valence-corrected chi connectivity index (χ2v) is 7.17. The molecule has 6 heteroatoms. The van der Waals surface area contributed by atoms with E-state index in [1.165, 1.54) is 29.8 Å². The van der Waals surface area contributed by atoms with Crippen LogP contribution < -0.4 is 10.1 Å². The molecule has 1 saturated heterocycles. The summed E-state index contributed by atoms with van der Waals surface area (Å²) in [5, 5.41) is 2.89. The van der Waals surface area contributed by atoms with Gasteiger partial charge in [0.05, 0.1) is 0 Å². The normalized spacial score (nSPS) is 18.0. The molecule has 0 unspecified atom stereocenters. The van der Waals surface area contributed by atoms with E-state index in [9.17, 15) is 9.18 Å². The summed E-state index contributed by atoms with van der Waals surface area (Å²) < 4.78 is 18.2. The fraction of sp³-hybridized carbons (Fsp3) is 0.409. The number of halogens is 1. The van der Waals surface area contributed by atoms with E-state index < -0.39 is 0 Å². The van der Waals surface area contributed by atoms with Crippen molar-refractivity contribution in [2.75, 3.05) is 46.4 Å². The molecule has 1 fully saturated rings. The van der Waals surface area contributed by atoms with Gasteiger partial charge in [0, 0.05) is 38.8 Å². The van der Waals surface area contributed by atoms with Crippen molar-refractivity contribution in [2.45, 2.75) is 12.5 Å². The second-order valence-electron chi connectivity index (χ2n) is 7.17. The number of rotatable bonds is 8. The molecule has 1 heterocycles. The summed E-state index contributed by atoms with van der Waals surface area (Å²) in [6.45, 7) is 4.58. The number of nitrogens with one attached hydrogen (secondary N) is 1. The molecule has 1 amide bonds. The third-order valence-electron chi connectivity index (χ3n) is 5.01. The number of nitrogens with zero attached hydrogens (tertiary/aromatic N) is 2. The summed E-state index contributed by atoms with van der Waals surface area (Å²) in [4.78, 5) is 16.8. The number of benzene rings is 2. The Labute approximate surface area is 166 Å². The van der Waals surface area contributed by atoms with Gasteiger partial charge in [-0.25, -0.2) is 4.39 Å². The maximum Gasteiger partial charge on any atom is 0.257 e. The van der Waals surface area contributed by atoms with Crippen molar-refractivity contribution in [1.82, 2.24) is 15.1 Å². The van der Waals surface area contributed by atoms with Gasteiger partial charge in [-0.2, -0.15) is 0 Å². The molecule has 150 valence electrons. The number of carbonyl (C=O) groups excluding carboxylic acids is 1. The van der Waals surface area contributed by atoms with E-state index in [0.717, 1.165) is 32.6 Å². The van der Waals surface area contributed by atoms with Crippen LogP contribution in [0.5, 0.6) is 5.75 Å². The standard InChI is InChI=1S/C22H28FN3O2/c1-25-14-15-26(21(16-25)18-6-3-2-4-7-18)13-5-12-24-22(27)17-28-20-10-8-19(23)9-11-20/h2-4,6-11,21H,5,12-17H2,1H3,(H,24,27)/t21-/m1/s1. The van der Waals surface area contributed by atoms with E-state index in [2.05, 4.69) is 46.4 Å². The lowest BCUT2D eigenvalue weighted by molar-refractivity contribution is -0.123. The van der Waals surface area contributed by atoms with E-state index in [4.69, 9.17) is 4.74 Å². The molecule has 3 rings (SSSR count). The fourth-order valence-corrected chi connectivity index (χ4v) is 3.46. The fourth-order valence-electron chi connectivity index (χ4n) is 3.46. The maximum atomic E-state index is 12.9. The summed E-state index contributed by atoms with van der Waals surface area (Å²) in [5.74, 6) is -0.00323. The van der Waals surface area contributed by atoms with Gasteiger partial charge >= 0.3 is 0 Å². The minimum atomic E-state index is -0.325. The number of ether oxygens (including phenoxy) is 1. The Hall–Kier alpha value is -2.44. The minimum absolute atomic E-state index is 0.0627. The van der Waals surface area contributed by atoms with Crippen molar-refractivity contribution in [3.63, 3.8) is 0 Å². The van der Waals surface area contributed by atoms with Crippen molar-refractivity contribution in [1.29, 1.82) is 0 Å². The quantitative estimate of drug-likeness (QED) is 0.710. The molecular formula is C22H28FN3O2. The predicted octanol–water partition coefficient (Wildman–Crippen LogP) is 2.70. The Bertz CT molecular complexity index is 739. The highest BCUT2D eigenvalue weighted by Crippen LogP contribution is 2.24. The third kappa shape index (κ3) is 6.04. The van der Waals surface area contributed by atoms with Crippen LogP contribution in [0.15, 0.2) is 54.6 Å². The molecular weight excluding hydrogens is 357 g/mol. The van der Waals surface area contributed by atoms with Crippen LogP contribution in [0.25, 0.3) is 0 Å². The van der Waals surface area contributed by atoms with Crippen LogP contribution in [0.2, 0.25) is 0 Å². The molecule has 1 N–H and O–H groups in total. The summed E-state index contributed by atoms with van der Waals surface area (Å²) in [6.07, 6.45) is 0.884. The summed E-state index contributed by atoms with van der Waals surface area (Å²) in [6, 6.07) is 16.6. The van der Waals surface area contributed by atoms with Gasteiger partial charge in [0.1, 0.15) is 11.6 Å². The Morgan fingerprint density at radius 2 is 1.89 bits per heavy atom. The molecule has 1 aliphatic heterocycles. The lowest BCUT2D eigenvalue weighted by Crippen LogP contribution is -2.47. The molecule has 28 heavy (non-hydrogen) atoms. The summed E-state index contributed by atoms with van der Waals surface area (Å²) in [7, 11) is 2.16. The molecule has 0 aromatic heterocycles. The number of carbonyl (C=O) groups is 1. The zero-order chi connectivity index (χ0) is 19.8. The molecule has 2 aromatic rings. The SMILES string of the molecule is CN1CCN(CCCNC(=O)COc2ccc(F)cc2)[C@@H](c2ccccc2)C1. The minimum Gasteiger partial charge on any atom is -0.484 e. The number of likely N-dealkylation sites (N-methyl/N-ethyl adjacent to an activating group) is 1. The van der Waals surface area contributed by atoms with Crippen molar-refractivity contribution in [3.05, 3.63) is 66.0 Å². The molecule has 1 aliphatic rings. The third-order valence-corrected chi connectivity index (χ3v) is 5.01. The van der Waals surface area contributed by atoms with Crippen LogP contribution in [0.3, 0.4) is 0 Å². The molecule has 0 radical (unpaired) electrons. The highest BCUT2D eigenvalue weighted by Gasteiger charge is 2.25. The van der Waals surface area contributed by atoms with Gasteiger partial charge in [-0.3, -0.25) is 9.69 Å². The zero-order valence-electron chi connectivity index (χ0n) is 16.3. The maximum absolute atomic E-state index is 12.9. The Kier molecular flexibility index (Phi) is 7.39. The van der Waals surface area contributed by atoms with Crippen LogP contribution >= 0.6 is 0 Å². The first-order valence-corrected chi connectivity index (χ1v) is 9.74. The first-order chi connectivity index (χ1) is 13.6. The molecule has 1 atom stereocenters. The van der Waals surface area contributed by atoms with Gasteiger partial charge < -0.3 is 15.0 Å². The van der Waals surface area contributed by atoms with Crippen molar-refractivity contribution < 1.29 is 13.9 Å². The predicted molar refractivity (Wildman–Crippen MR) is 108 cm³/mol. The zero-order valence-corrected chi connectivity index (χ0v) is 16.3. The highest BCUT2D eigenvalue weighted by atomic mass is 19.1. The van der Waals surface area contributed by atoms with E-state index in [1.54, 1.807) is 0 Å². The Morgan fingerprint density at radius 3 is 2.64 bits per heavy atom. The largest absolute Gasteiger partial charge is 0.484 e. The number of piperazine rings is 1. The van der Waals surface area contributed by atoms with E-state index in [0.29, 0.717) is 18.3 Å². The first kappa shape index (κ1) is 20.3. The van der Waals surface area contributed by atoms with E-state index in [-0.39, 0.29) is 18.3 Å². The monoisotopic (exact) mass is 385 g/mol. The van der Waals surface area contributed by atoms with Crippen LogP contribution in [0.1, 0.15) is 18.0 Å². The summed E-state index contributed by atoms with van der Waals surface area (Å²) >= 11 is 0. The number of amides is 1. The van der Waals surface area contributed by atoms with Crippen LogP contribution in [0, 0.1) is 5.82 Å². The molecule has 0 spiro atoms. The highest BCUT2D eigenvalue weighted by molar-refractivity contribution is 5.77. The van der Waals surface area contributed by atoms with Crippen LogP contribution in [-0.2, 0) is 4.79 Å². The second kappa shape index (κ2) is 10.2. The van der Waals surface area contributed by atoms with Crippen molar-refractivity contribution in [3.8, 4) is 5.75 Å². The Balaban J connectivity index is 1.39. The average Bonchev–Trinajstić information content (AvgIpc) is 2.72. The number of hydrogen-bond donors (Lipinski definition) is 1. The lowest BCUT2D eigenvalue weighted by atomic mass is 10.0. The molecule has 2 aromatic carbocycles. The van der Waals surface area contributed by atoms with Gasteiger partial charge in [0.25, 0.3) is 5.91 Å². The van der Waals surface area contributed by atoms with E-state index >= 15 is 0 Å². The summed E-state index contributed by atoms with van der Waals surface area (Å²) in [5.41, 5.74) is 1.34. The van der Waals surface area contributed by atoms with Gasteiger partial charge in [0.15, 0.2) is 6.61 Å². The molecule has 0 bridgehead atoms. The van der Waals surface area contributed by atoms with Gasteiger partial charge in [-0.15, -0.1) is 0 Å².